The summed E-state index contributed by atoms with van der Waals surface area (Å²) >= 11 is 0. The first-order valence-electron chi connectivity index (χ1n) is 7.24. The average molecular weight is 277 g/mol. The van der Waals surface area contributed by atoms with E-state index in [-0.39, 0.29) is 5.91 Å². The summed E-state index contributed by atoms with van der Waals surface area (Å²) in [7, 11) is 1.96. The molecule has 0 spiro atoms. The Kier molecular flexibility index (Phi) is 7.26. The third-order valence-electron chi connectivity index (χ3n) is 3.17. The molecule has 112 valence electrons. The number of nitrogens with zero attached hydrogens (tertiary/aromatic N) is 1. The van der Waals surface area contributed by atoms with Crippen molar-refractivity contribution < 1.29 is 4.79 Å². The smallest absolute Gasteiger partial charge is 0.234 e. The van der Waals surface area contributed by atoms with E-state index >= 15 is 0 Å². The molecule has 4 heteroatoms. The van der Waals surface area contributed by atoms with Crippen LogP contribution in [0.2, 0.25) is 0 Å². The Balaban J connectivity index is 2.31. The fraction of sp³-hybridized carbons (Fsp3) is 0.562. The summed E-state index contributed by atoms with van der Waals surface area (Å²) < 4.78 is 0. The molecule has 0 heterocycles. The van der Waals surface area contributed by atoms with Gasteiger partial charge in [-0.25, -0.2) is 0 Å². The predicted octanol–water partition coefficient (Wildman–Crippen LogP) is 1.74. The number of hydrogen-bond acceptors (Lipinski definition) is 3. The molecule has 0 fully saturated rings. The van der Waals surface area contributed by atoms with Gasteiger partial charge in [0.2, 0.25) is 5.91 Å². The maximum absolute atomic E-state index is 11.8. The summed E-state index contributed by atoms with van der Waals surface area (Å²) in [5.74, 6) is 0.709. The number of carbonyl (C=O) groups is 1. The maximum Gasteiger partial charge on any atom is 0.234 e. The van der Waals surface area contributed by atoms with Crippen molar-refractivity contribution in [3.8, 4) is 0 Å². The van der Waals surface area contributed by atoms with Crippen molar-refractivity contribution >= 4 is 5.91 Å². The molecule has 0 saturated carbocycles. The van der Waals surface area contributed by atoms with E-state index in [2.05, 4.69) is 31.3 Å². The van der Waals surface area contributed by atoms with Gasteiger partial charge >= 0.3 is 0 Å². The molecule has 1 aromatic carbocycles. The standard InChI is InChI=1S/C16H27N3O/c1-13(2)8-9-18-16(20)12-19(3)11-15-6-4-14(10-17)5-7-15/h4-7,13H,8-12,17H2,1-3H3,(H,18,20). The van der Waals surface area contributed by atoms with E-state index in [0.717, 1.165) is 25.1 Å². The van der Waals surface area contributed by atoms with Gasteiger partial charge in [-0.1, -0.05) is 38.1 Å². The molecule has 0 aliphatic carbocycles. The van der Waals surface area contributed by atoms with Crippen molar-refractivity contribution in [1.82, 2.24) is 10.2 Å². The highest BCUT2D eigenvalue weighted by atomic mass is 16.2. The van der Waals surface area contributed by atoms with Gasteiger partial charge < -0.3 is 11.1 Å². The zero-order valence-corrected chi connectivity index (χ0v) is 12.9. The summed E-state index contributed by atoms with van der Waals surface area (Å²) in [6.45, 7) is 6.83. The van der Waals surface area contributed by atoms with Gasteiger partial charge in [0.05, 0.1) is 6.54 Å². The normalized spacial score (nSPS) is 11.1. The molecule has 0 aromatic heterocycles. The summed E-state index contributed by atoms with van der Waals surface area (Å²) in [5.41, 5.74) is 7.89. The lowest BCUT2D eigenvalue weighted by Gasteiger charge is -2.17. The van der Waals surface area contributed by atoms with Crippen LogP contribution < -0.4 is 11.1 Å². The van der Waals surface area contributed by atoms with Gasteiger partial charge in [-0.3, -0.25) is 9.69 Å². The Labute approximate surface area is 122 Å². The molecule has 20 heavy (non-hydrogen) atoms. The summed E-state index contributed by atoms with van der Waals surface area (Å²) in [4.78, 5) is 13.8. The quantitative estimate of drug-likeness (QED) is 0.761. The molecular formula is C16H27N3O. The lowest BCUT2D eigenvalue weighted by atomic mass is 10.1. The van der Waals surface area contributed by atoms with Crippen molar-refractivity contribution in [2.45, 2.75) is 33.4 Å². The highest BCUT2D eigenvalue weighted by Gasteiger charge is 2.07. The van der Waals surface area contributed by atoms with Gasteiger partial charge in [-0.2, -0.15) is 0 Å². The van der Waals surface area contributed by atoms with Gasteiger partial charge in [0, 0.05) is 19.6 Å². The van der Waals surface area contributed by atoms with E-state index in [1.54, 1.807) is 0 Å². The molecule has 0 aliphatic heterocycles. The largest absolute Gasteiger partial charge is 0.355 e. The third kappa shape index (κ3) is 6.68. The molecular weight excluding hydrogens is 250 g/mol. The van der Waals surface area contributed by atoms with E-state index in [1.165, 1.54) is 5.56 Å². The third-order valence-corrected chi connectivity index (χ3v) is 3.17. The van der Waals surface area contributed by atoms with Crippen molar-refractivity contribution in [3.05, 3.63) is 35.4 Å². The second-order valence-electron chi connectivity index (χ2n) is 5.73. The van der Waals surface area contributed by atoms with Crippen LogP contribution in [0.5, 0.6) is 0 Å². The van der Waals surface area contributed by atoms with E-state index in [4.69, 9.17) is 5.73 Å². The van der Waals surface area contributed by atoms with Crippen molar-refractivity contribution in [2.75, 3.05) is 20.1 Å². The first-order valence-corrected chi connectivity index (χ1v) is 7.24. The molecule has 4 nitrogen and oxygen atoms in total. The highest BCUT2D eigenvalue weighted by Crippen LogP contribution is 2.06. The van der Waals surface area contributed by atoms with Crippen LogP contribution in [0.25, 0.3) is 0 Å². The van der Waals surface area contributed by atoms with Gasteiger partial charge in [-0.15, -0.1) is 0 Å². The number of likely N-dealkylation sites (N-methyl/N-ethyl adjacent to an activating group) is 1. The second-order valence-corrected chi connectivity index (χ2v) is 5.73. The maximum atomic E-state index is 11.8. The average Bonchev–Trinajstić information content (AvgIpc) is 2.38. The van der Waals surface area contributed by atoms with Crippen molar-refractivity contribution in [2.24, 2.45) is 11.7 Å². The summed E-state index contributed by atoms with van der Waals surface area (Å²) in [6, 6.07) is 8.20. The molecule has 3 N–H and O–H groups in total. The van der Waals surface area contributed by atoms with Crippen LogP contribution in [0.15, 0.2) is 24.3 Å². The lowest BCUT2D eigenvalue weighted by Crippen LogP contribution is -2.35. The summed E-state index contributed by atoms with van der Waals surface area (Å²) in [5, 5.41) is 2.95. The minimum absolute atomic E-state index is 0.0896. The minimum Gasteiger partial charge on any atom is -0.355 e. The monoisotopic (exact) mass is 277 g/mol. The zero-order valence-electron chi connectivity index (χ0n) is 12.9. The molecule has 0 aliphatic rings. The Morgan fingerprint density at radius 2 is 1.85 bits per heavy atom. The number of rotatable bonds is 8. The number of amides is 1. The van der Waals surface area contributed by atoms with Crippen LogP contribution in [-0.2, 0) is 17.9 Å². The molecule has 0 bridgehead atoms. The number of benzene rings is 1. The summed E-state index contributed by atoms with van der Waals surface area (Å²) in [6.07, 6.45) is 1.02. The SMILES string of the molecule is CC(C)CCNC(=O)CN(C)Cc1ccc(CN)cc1. The van der Waals surface area contributed by atoms with Crippen molar-refractivity contribution in [3.63, 3.8) is 0 Å². The minimum atomic E-state index is 0.0896. The van der Waals surface area contributed by atoms with E-state index in [1.807, 2.05) is 24.1 Å². The molecule has 0 radical (unpaired) electrons. The molecule has 1 amide bonds. The first-order chi connectivity index (χ1) is 9.51. The Hall–Kier alpha value is -1.39. The molecule has 1 aromatic rings. The van der Waals surface area contributed by atoms with E-state index in [9.17, 15) is 4.79 Å². The van der Waals surface area contributed by atoms with Gasteiger partial charge in [0.25, 0.3) is 0 Å². The van der Waals surface area contributed by atoms with Crippen LogP contribution >= 0.6 is 0 Å². The zero-order chi connectivity index (χ0) is 15.0. The number of nitrogens with two attached hydrogens (primary N) is 1. The Morgan fingerprint density at radius 1 is 1.25 bits per heavy atom. The van der Waals surface area contributed by atoms with Gasteiger partial charge in [0.1, 0.15) is 0 Å². The fourth-order valence-corrected chi connectivity index (χ4v) is 1.95. The van der Waals surface area contributed by atoms with Crippen LogP contribution in [0.4, 0.5) is 0 Å². The molecule has 0 unspecified atom stereocenters. The van der Waals surface area contributed by atoms with Crippen LogP contribution in [0.3, 0.4) is 0 Å². The Bertz CT molecular complexity index is 401. The molecule has 0 atom stereocenters. The van der Waals surface area contributed by atoms with Crippen LogP contribution in [0.1, 0.15) is 31.4 Å². The molecule has 0 saturated heterocycles. The van der Waals surface area contributed by atoms with Crippen LogP contribution in [-0.4, -0.2) is 30.9 Å². The first kappa shape index (κ1) is 16.7. The number of nitrogens with one attached hydrogen (secondary N) is 1. The lowest BCUT2D eigenvalue weighted by molar-refractivity contribution is -0.122. The van der Waals surface area contributed by atoms with Gasteiger partial charge in [-0.05, 0) is 30.5 Å². The Morgan fingerprint density at radius 3 is 2.40 bits per heavy atom. The number of hydrogen-bond donors (Lipinski definition) is 2. The van der Waals surface area contributed by atoms with Gasteiger partial charge in [0.15, 0.2) is 0 Å². The fourth-order valence-electron chi connectivity index (χ4n) is 1.95. The topological polar surface area (TPSA) is 58.4 Å². The second kappa shape index (κ2) is 8.72. The highest BCUT2D eigenvalue weighted by molar-refractivity contribution is 5.77. The molecule has 1 rings (SSSR count). The van der Waals surface area contributed by atoms with E-state index < -0.39 is 0 Å². The van der Waals surface area contributed by atoms with Crippen LogP contribution in [0, 0.1) is 5.92 Å². The van der Waals surface area contributed by atoms with Crippen molar-refractivity contribution in [1.29, 1.82) is 0 Å². The number of carbonyl (C=O) groups excluding carboxylic acids is 1. The predicted molar refractivity (Wildman–Crippen MR) is 83.1 cm³/mol. The van der Waals surface area contributed by atoms with E-state index in [0.29, 0.717) is 19.0 Å².